The van der Waals surface area contributed by atoms with Crippen LogP contribution in [0.1, 0.15) is 5.69 Å². The van der Waals surface area contributed by atoms with Crippen LogP contribution in [-0.4, -0.2) is 15.4 Å². The van der Waals surface area contributed by atoms with E-state index in [-0.39, 0.29) is 5.84 Å². The number of fused-ring (bicyclic) bond motifs is 1. The minimum absolute atomic E-state index is 0.117. The fourth-order valence-electron chi connectivity index (χ4n) is 1.14. The van der Waals surface area contributed by atoms with E-state index in [4.69, 9.17) is 22.7 Å². The Morgan fingerprint density at radius 3 is 2.92 bits per heavy atom. The smallest absolute Gasteiger partial charge is 0.146 e. The molecule has 0 radical (unpaired) electrons. The van der Waals surface area contributed by atoms with E-state index in [9.17, 15) is 0 Å². The Hall–Kier alpha value is -1.55. The van der Waals surface area contributed by atoms with Gasteiger partial charge >= 0.3 is 0 Å². The summed E-state index contributed by atoms with van der Waals surface area (Å²) in [7, 11) is 0. The van der Waals surface area contributed by atoms with E-state index in [2.05, 4.69) is 5.10 Å². The minimum atomic E-state index is -0.117. The molecule has 5 heteroatoms. The van der Waals surface area contributed by atoms with Crippen LogP contribution in [0, 0.1) is 5.41 Å². The molecule has 2 aromatic rings. The van der Waals surface area contributed by atoms with Crippen LogP contribution < -0.4 is 5.73 Å². The van der Waals surface area contributed by atoms with Gasteiger partial charge in [-0.15, -0.1) is 0 Å². The summed E-state index contributed by atoms with van der Waals surface area (Å²) in [5, 5.41) is 11.7. The molecule has 0 unspecified atom stereocenters. The number of hydrogen-bond donors (Lipinski definition) is 2. The molecular weight excluding hydrogens is 188 g/mol. The molecule has 0 amide bonds. The Kier molecular flexibility index (Phi) is 1.70. The summed E-state index contributed by atoms with van der Waals surface area (Å²) in [5.74, 6) is -0.117. The molecule has 0 saturated heterocycles. The maximum absolute atomic E-state index is 7.23. The zero-order chi connectivity index (χ0) is 9.42. The molecule has 0 aliphatic heterocycles. The molecule has 2 heterocycles. The monoisotopic (exact) mass is 194 g/mol. The van der Waals surface area contributed by atoms with Crippen molar-refractivity contribution in [2.75, 3.05) is 0 Å². The summed E-state index contributed by atoms with van der Waals surface area (Å²) in [4.78, 5) is 0. The highest BCUT2D eigenvalue weighted by molar-refractivity contribution is 6.36. The van der Waals surface area contributed by atoms with Gasteiger partial charge in [0.05, 0.1) is 10.5 Å². The lowest BCUT2D eigenvalue weighted by Gasteiger charge is -1.88. The van der Waals surface area contributed by atoms with Gasteiger partial charge in [0.25, 0.3) is 0 Å². The van der Waals surface area contributed by atoms with E-state index >= 15 is 0 Å². The Labute approximate surface area is 79.4 Å². The van der Waals surface area contributed by atoms with Gasteiger partial charge in [-0.05, 0) is 12.1 Å². The first-order chi connectivity index (χ1) is 6.20. The van der Waals surface area contributed by atoms with Crippen LogP contribution in [0.3, 0.4) is 0 Å². The van der Waals surface area contributed by atoms with E-state index in [1.807, 2.05) is 18.2 Å². The van der Waals surface area contributed by atoms with Crippen LogP contribution in [0.15, 0.2) is 24.4 Å². The third-order valence-electron chi connectivity index (χ3n) is 1.73. The van der Waals surface area contributed by atoms with Gasteiger partial charge in [0.2, 0.25) is 0 Å². The summed E-state index contributed by atoms with van der Waals surface area (Å²) < 4.78 is 1.60. The molecule has 0 bridgehead atoms. The quantitative estimate of drug-likeness (QED) is 0.530. The minimum Gasteiger partial charge on any atom is -0.382 e. The van der Waals surface area contributed by atoms with E-state index in [1.165, 1.54) is 0 Å². The lowest BCUT2D eigenvalue weighted by atomic mass is 10.3. The number of nitrogen functional groups attached to an aromatic ring is 1. The second-order valence-electron chi connectivity index (χ2n) is 2.61. The topological polar surface area (TPSA) is 67.2 Å². The molecule has 4 nitrogen and oxygen atoms in total. The predicted molar refractivity (Wildman–Crippen MR) is 51.2 cm³/mol. The Balaban J connectivity index is 2.81. The van der Waals surface area contributed by atoms with Crippen molar-refractivity contribution in [2.45, 2.75) is 0 Å². The summed E-state index contributed by atoms with van der Waals surface area (Å²) in [6.45, 7) is 0. The van der Waals surface area contributed by atoms with Crippen LogP contribution in [0.4, 0.5) is 0 Å². The van der Waals surface area contributed by atoms with Crippen molar-refractivity contribution in [3.05, 3.63) is 35.1 Å². The van der Waals surface area contributed by atoms with Gasteiger partial charge in [0.1, 0.15) is 11.5 Å². The lowest BCUT2D eigenvalue weighted by molar-refractivity contribution is 0.951. The predicted octanol–water partition coefficient (Wildman–Crippen LogP) is 1.27. The van der Waals surface area contributed by atoms with E-state index in [0.717, 1.165) is 5.52 Å². The number of hydrogen-bond acceptors (Lipinski definition) is 2. The highest BCUT2D eigenvalue weighted by Crippen LogP contribution is 2.20. The highest BCUT2D eigenvalue weighted by Gasteiger charge is 2.11. The van der Waals surface area contributed by atoms with Gasteiger partial charge in [-0.2, -0.15) is 5.10 Å². The maximum atomic E-state index is 7.23. The molecule has 13 heavy (non-hydrogen) atoms. The van der Waals surface area contributed by atoms with Crippen molar-refractivity contribution in [3.63, 3.8) is 0 Å². The maximum Gasteiger partial charge on any atom is 0.146 e. The number of pyridine rings is 1. The molecule has 0 spiro atoms. The molecule has 0 aliphatic rings. The first-order valence-corrected chi connectivity index (χ1v) is 4.05. The highest BCUT2D eigenvalue weighted by atomic mass is 35.5. The zero-order valence-electron chi connectivity index (χ0n) is 6.66. The van der Waals surface area contributed by atoms with Gasteiger partial charge in [-0.25, -0.2) is 4.52 Å². The van der Waals surface area contributed by atoms with Crippen LogP contribution in [-0.2, 0) is 0 Å². The number of amidine groups is 1. The molecule has 66 valence electrons. The number of nitrogens with zero attached hydrogens (tertiary/aromatic N) is 2. The Morgan fingerprint density at radius 2 is 2.31 bits per heavy atom. The molecule has 2 aromatic heterocycles. The summed E-state index contributed by atoms with van der Waals surface area (Å²) in [6, 6.07) is 5.51. The van der Waals surface area contributed by atoms with Crippen molar-refractivity contribution < 1.29 is 0 Å². The van der Waals surface area contributed by atoms with Gasteiger partial charge in [-0.1, -0.05) is 17.7 Å². The lowest BCUT2D eigenvalue weighted by Crippen LogP contribution is -2.12. The van der Waals surface area contributed by atoms with Gasteiger partial charge in [-0.3, -0.25) is 5.41 Å². The molecule has 3 N–H and O–H groups in total. The normalized spacial score (nSPS) is 10.5. The molecule has 2 rings (SSSR count). The van der Waals surface area contributed by atoms with Gasteiger partial charge < -0.3 is 5.73 Å². The average Bonchev–Trinajstić information content (AvgIpc) is 2.45. The second-order valence-corrected chi connectivity index (χ2v) is 2.98. The number of rotatable bonds is 1. The van der Waals surface area contributed by atoms with Gasteiger partial charge in [0.15, 0.2) is 0 Å². The first kappa shape index (κ1) is 8.07. The van der Waals surface area contributed by atoms with E-state index < -0.39 is 0 Å². The number of halogens is 1. The largest absolute Gasteiger partial charge is 0.382 e. The molecular formula is C8H7ClN4. The summed E-state index contributed by atoms with van der Waals surface area (Å²) >= 11 is 5.95. The number of nitrogens with two attached hydrogens (primary N) is 1. The standard InChI is InChI=1S/C8H7ClN4/c9-6-5-3-1-2-4-13(5)12-7(6)8(10)11/h1-4H,(H3,10,11). The third kappa shape index (κ3) is 1.15. The first-order valence-electron chi connectivity index (χ1n) is 3.67. The Morgan fingerprint density at radius 1 is 1.54 bits per heavy atom. The van der Waals surface area contributed by atoms with Crippen molar-refractivity contribution in [1.82, 2.24) is 9.61 Å². The van der Waals surface area contributed by atoms with E-state index in [1.54, 1.807) is 10.7 Å². The van der Waals surface area contributed by atoms with Crippen molar-refractivity contribution >= 4 is 23.0 Å². The van der Waals surface area contributed by atoms with Crippen molar-refractivity contribution in [2.24, 2.45) is 5.73 Å². The average molecular weight is 195 g/mol. The Bertz CT molecular complexity index is 474. The van der Waals surface area contributed by atoms with Gasteiger partial charge in [0, 0.05) is 6.20 Å². The molecule has 0 atom stereocenters. The number of aromatic nitrogens is 2. The zero-order valence-corrected chi connectivity index (χ0v) is 7.42. The third-order valence-corrected chi connectivity index (χ3v) is 2.11. The summed E-state index contributed by atoms with van der Waals surface area (Å²) in [5.41, 5.74) is 6.39. The van der Waals surface area contributed by atoms with Crippen LogP contribution in [0.2, 0.25) is 5.02 Å². The van der Waals surface area contributed by atoms with E-state index in [0.29, 0.717) is 10.7 Å². The van der Waals surface area contributed by atoms with Crippen molar-refractivity contribution in [3.8, 4) is 0 Å². The van der Waals surface area contributed by atoms with Crippen LogP contribution in [0.5, 0.6) is 0 Å². The second kappa shape index (κ2) is 2.74. The summed E-state index contributed by atoms with van der Waals surface area (Å²) in [6.07, 6.45) is 1.76. The number of nitrogens with one attached hydrogen (secondary N) is 1. The SMILES string of the molecule is N=C(N)c1nn2ccccc2c1Cl. The fraction of sp³-hybridized carbons (Fsp3) is 0. The molecule has 0 fully saturated rings. The molecule has 0 saturated carbocycles. The van der Waals surface area contributed by atoms with Crippen LogP contribution >= 0.6 is 11.6 Å². The van der Waals surface area contributed by atoms with Crippen molar-refractivity contribution in [1.29, 1.82) is 5.41 Å². The fourth-order valence-corrected chi connectivity index (χ4v) is 1.43. The molecule has 0 aliphatic carbocycles. The molecule has 0 aromatic carbocycles. The van der Waals surface area contributed by atoms with Crippen LogP contribution in [0.25, 0.3) is 5.52 Å².